The van der Waals surface area contributed by atoms with E-state index in [1.165, 1.54) is 0 Å². The lowest BCUT2D eigenvalue weighted by atomic mass is 9.97. The van der Waals surface area contributed by atoms with E-state index in [-0.39, 0.29) is 0 Å². The van der Waals surface area contributed by atoms with Gasteiger partial charge in [0.25, 0.3) is 0 Å². The minimum absolute atomic E-state index is 0.726. The van der Waals surface area contributed by atoms with E-state index in [2.05, 4.69) is 4.52 Å². The lowest BCUT2D eigenvalue weighted by molar-refractivity contribution is -0.372. The maximum absolute atomic E-state index is 11.1. The highest BCUT2D eigenvalue weighted by Gasteiger charge is 2.52. The molecule has 12 N–H and O–H groups in total. The van der Waals surface area contributed by atoms with Gasteiger partial charge in [-0.15, -0.1) is 0 Å². The van der Waals surface area contributed by atoms with Gasteiger partial charge in [-0.25, -0.2) is 4.57 Å². The Morgan fingerprint density at radius 3 is 1.74 bits per heavy atom. The Kier molecular flexibility index (Phi) is 11.0. The molecular weight excluding hydrogens is 551 g/mol. The quantitative estimate of drug-likeness (QED) is 0.112. The van der Waals surface area contributed by atoms with Gasteiger partial charge in [-0.3, -0.25) is 4.52 Å². The largest absolute Gasteiger partial charge is 0.469 e. The van der Waals surface area contributed by atoms with E-state index >= 15 is 0 Å². The lowest BCUT2D eigenvalue weighted by Crippen LogP contribution is -2.65. The second-order valence-corrected chi connectivity index (χ2v) is 10.2. The Labute approximate surface area is 214 Å². The van der Waals surface area contributed by atoms with Crippen molar-refractivity contribution in [2.75, 3.05) is 19.8 Å². The van der Waals surface area contributed by atoms with Crippen LogP contribution in [0.3, 0.4) is 0 Å². The summed E-state index contributed by atoms with van der Waals surface area (Å²) < 4.78 is 41.9. The maximum atomic E-state index is 11.1. The number of hydrogen-bond acceptors (Lipinski definition) is 17. The molecule has 0 bridgehead atoms. The number of phosphoric acid groups is 1. The number of ether oxygens (including phenoxy) is 5. The Hall–Kier alpha value is -0.490. The van der Waals surface area contributed by atoms with Crippen LogP contribution in [-0.2, 0) is 32.8 Å². The highest BCUT2D eigenvalue weighted by molar-refractivity contribution is 7.46. The second-order valence-electron chi connectivity index (χ2n) is 8.98. The number of aliphatic hydroxyl groups excluding tert-OH is 10. The molecule has 0 spiro atoms. The number of rotatable bonds is 9. The van der Waals surface area contributed by atoms with Crippen LogP contribution in [-0.4, -0.2) is 173 Å². The molecule has 0 amide bonds. The molecule has 0 radical (unpaired) electrons. The van der Waals surface area contributed by atoms with Crippen molar-refractivity contribution >= 4 is 7.82 Å². The number of phosphoric ester groups is 1. The summed E-state index contributed by atoms with van der Waals surface area (Å²) in [5, 5.41) is 100.0. The van der Waals surface area contributed by atoms with Gasteiger partial charge in [0.2, 0.25) is 0 Å². The fourth-order valence-electron chi connectivity index (χ4n) is 4.09. The summed E-state index contributed by atoms with van der Waals surface area (Å²) >= 11 is 0. The SMILES string of the molecule is O=P(O)(O)OCC1OC(OCC2OC(O)C(O)C(O)C2O)C(OC2OC(CO)C(O)C(O)C2O)C(O)C1O. The zero-order chi connectivity index (χ0) is 28.5. The molecular formula is C18H33O19P. The molecule has 3 heterocycles. The first-order valence-electron chi connectivity index (χ1n) is 11.3. The van der Waals surface area contributed by atoms with E-state index in [1.54, 1.807) is 0 Å². The number of aliphatic hydroxyl groups is 10. The van der Waals surface area contributed by atoms with Crippen LogP contribution in [0, 0.1) is 0 Å². The van der Waals surface area contributed by atoms with Crippen LogP contribution in [0.15, 0.2) is 0 Å². The van der Waals surface area contributed by atoms with Crippen LogP contribution in [0.5, 0.6) is 0 Å². The predicted molar refractivity (Wildman–Crippen MR) is 112 cm³/mol. The minimum Gasteiger partial charge on any atom is -0.394 e. The summed E-state index contributed by atoms with van der Waals surface area (Å²) in [5.74, 6) is 0. The molecule has 3 aliphatic rings. The fourth-order valence-corrected chi connectivity index (χ4v) is 4.43. The molecule has 0 saturated carbocycles. The Bertz CT molecular complexity index is 798. The molecule has 3 saturated heterocycles. The van der Waals surface area contributed by atoms with E-state index in [0.29, 0.717) is 0 Å². The van der Waals surface area contributed by atoms with E-state index in [4.69, 9.17) is 33.5 Å². The molecule has 0 aromatic rings. The molecule has 19 nitrogen and oxygen atoms in total. The Morgan fingerprint density at radius 2 is 1.13 bits per heavy atom. The van der Waals surface area contributed by atoms with Crippen molar-refractivity contribution in [1.29, 1.82) is 0 Å². The van der Waals surface area contributed by atoms with Crippen LogP contribution in [0.25, 0.3) is 0 Å². The van der Waals surface area contributed by atoms with Crippen molar-refractivity contribution in [1.82, 2.24) is 0 Å². The molecule has 3 rings (SSSR count). The molecule has 0 aromatic heterocycles. The van der Waals surface area contributed by atoms with Crippen molar-refractivity contribution in [3.05, 3.63) is 0 Å². The summed E-state index contributed by atoms with van der Waals surface area (Å²) in [6.45, 7) is -2.50. The van der Waals surface area contributed by atoms with Gasteiger partial charge in [-0.1, -0.05) is 0 Å². The third-order valence-electron chi connectivity index (χ3n) is 6.30. The predicted octanol–water partition coefficient (Wildman–Crippen LogP) is -7.46. The van der Waals surface area contributed by atoms with Crippen LogP contribution < -0.4 is 0 Å². The summed E-state index contributed by atoms with van der Waals surface area (Å²) in [4.78, 5) is 17.9. The molecule has 224 valence electrons. The third-order valence-corrected chi connectivity index (χ3v) is 6.79. The standard InChI is InChI=1S/C18H33O19P/c19-1-4-7(20)11(24)14(27)17(35-4)37-15-12(25)9(22)6(3-33-38(29,30)31)36-18(15)32-2-5-8(21)10(23)13(26)16(28)34-5/h4-28H,1-3H2,(H2,29,30,31). The Morgan fingerprint density at radius 1 is 0.605 bits per heavy atom. The Balaban J connectivity index is 1.78. The van der Waals surface area contributed by atoms with Crippen LogP contribution in [0.2, 0.25) is 0 Å². The summed E-state index contributed by atoms with van der Waals surface area (Å²) in [7, 11) is -5.04. The highest BCUT2D eigenvalue weighted by atomic mass is 31.2. The van der Waals surface area contributed by atoms with Crippen LogP contribution in [0.4, 0.5) is 0 Å². The van der Waals surface area contributed by atoms with E-state index in [0.717, 1.165) is 0 Å². The van der Waals surface area contributed by atoms with Gasteiger partial charge in [0.1, 0.15) is 73.2 Å². The molecule has 3 aliphatic heterocycles. The van der Waals surface area contributed by atoms with Crippen LogP contribution >= 0.6 is 7.82 Å². The van der Waals surface area contributed by atoms with Gasteiger partial charge >= 0.3 is 7.82 Å². The fraction of sp³-hybridized carbons (Fsp3) is 1.00. The number of hydrogen-bond donors (Lipinski definition) is 12. The van der Waals surface area contributed by atoms with Gasteiger partial charge in [0.15, 0.2) is 18.9 Å². The first-order chi connectivity index (χ1) is 17.7. The van der Waals surface area contributed by atoms with E-state index < -0.39 is 120 Å². The van der Waals surface area contributed by atoms with E-state index in [1.807, 2.05) is 0 Å². The molecule has 3 fully saturated rings. The summed E-state index contributed by atoms with van der Waals surface area (Å²) in [6, 6.07) is 0. The first kappa shape index (κ1) is 32.0. The van der Waals surface area contributed by atoms with E-state index in [9.17, 15) is 55.6 Å². The molecule has 0 aromatic carbocycles. The lowest BCUT2D eigenvalue weighted by Gasteiger charge is -2.46. The first-order valence-corrected chi connectivity index (χ1v) is 12.9. The maximum Gasteiger partial charge on any atom is 0.469 e. The van der Waals surface area contributed by atoms with Crippen molar-refractivity contribution in [2.24, 2.45) is 0 Å². The topological polar surface area (TPSA) is 315 Å². The molecule has 0 aliphatic carbocycles. The van der Waals surface area contributed by atoms with Crippen molar-refractivity contribution in [3.8, 4) is 0 Å². The van der Waals surface area contributed by atoms with Crippen molar-refractivity contribution in [2.45, 2.75) is 92.1 Å². The zero-order valence-corrected chi connectivity index (χ0v) is 20.3. The zero-order valence-electron chi connectivity index (χ0n) is 19.5. The molecule has 15 unspecified atom stereocenters. The summed E-state index contributed by atoms with van der Waals surface area (Å²) in [6.07, 6.45) is -26.9. The molecule has 15 atom stereocenters. The van der Waals surface area contributed by atoms with Gasteiger partial charge in [0, 0.05) is 0 Å². The van der Waals surface area contributed by atoms with Crippen LogP contribution in [0.1, 0.15) is 0 Å². The highest BCUT2D eigenvalue weighted by Crippen LogP contribution is 2.38. The minimum atomic E-state index is -5.04. The molecule has 38 heavy (non-hydrogen) atoms. The average molecular weight is 584 g/mol. The van der Waals surface area contributed by atoms with Crippen molar-refractivity contribution < 1.29 is 93.6 Å². The normalized spacial score (nSPS) is 48.7. The van der Waals surface area contributed by atoms with Gasteiger partial charge in [0.05, 0.1) is 19.8 Å². The van der Waals surface area contributed by atoms with Gasteiger partial charge in [-0.05, 0) is 0 Å². The monoisotopic (exact) mass is 584 g/mol. The van der Waals surface area contributed by atoms with Crippen molar-refractivity contribution in [3.63, 3.8) is 0 Å². The molecule has 20 heteroatoms. The average Bonchev–Trinajstić information content (AvgIpc) is 2.86. The van der Waals surface area contributed by atoms with Gasteiger partial charge < -0.3 is 84.5 Å². The smallest absolute Gasteiger partial charge is 0.394 e. The summed E-state index contributed by atoms with van der Waals surface area (Å²) in [5.41, 5.74) is 0. The van der Waals surface area contributed by atoms with Gasteiger partial charge in [-0.2, -0.15) is 0 Å². The third kappa shape index (κ3) is 7.22. The second kappa shape index (κ2) is 13.0.